The zero-order chi connectivity index (χ0) is 24.0. The molecular weight excluding hydrogens is 462 g/mol. The quantitative estimate of drug-likeness (QED) is 0.397. The fourth-order valence-corrected chi connectivity index (χ4v) is 5.09. The predicted octanol–water partition coefficient (Wildman–Crippen LogP) is 5.62. The first kappa shape index (κ1) is 24.4. The first-order valence-corrected chi connectivity index (χ1v) is 12.0. The van der Waals surface area contributed by atoms with Crippen molar-refractivity contribution in [2.24, 2.45) is 0 Å². The summed E-state index contributed by atoms with van der Waals surface area (Å²) in [6, 6.07) is 19.9. The van der Waals surface area contributed by atoms with E-state index in [2.05, 4.69) is 0 Å². The average molecular weight is 486 g/mol. The van der Waals surface area contributed by atoms with Crippen LogP contribution in [0.3, 0.4) is 0 Å². The summed E-state index contributed by atoms with van der Waals surface area (Å²) in [5.74, 6) is -0.679. The van der Waals surface area contributed by atoms with E-state index in [4.69, 9.17) is 21.4 Å². The number of anilines is 1. The van der Waals surface area contributed by atoms with Gasteiger partial charge < -0.3 is 9.84 Å². The van der Waals surface area contributed by atoms with E-state index in [1.807, 2.05) is 12.1 Å². The van der Waals surface area contributed by atoms with Crippen molar-refractivity contribution in [2.45, 2.75) is 31.4 Å². The molecule has 0 atom stereocenters. The van der Waals surface area contributed by atoms with Crippen molar-refractivity contribution < 1.29 is 23.1 Å². The van der Waals surface area contributed by atoms with Crippen LogP contribution in [0.1, 0.15) is 25.0 Å². The van der Waals surface area contributed by atoms with Crippen molar-refractivity contribution in [3.05, 3.63) is 95.0 Å². The molecule has 0 bridgehead atoms. The van der Waals surface area contributed by atoms with E-state index >= 15 is 0 Å². The predicted molar refractivity (Wildman–Crippen MR) is 130 cm³/mol. The lowest BCUT2D eigenvalue weighted by molar-refractivity contribution is -0.131. The van der Waals surface area contributed by atoms with Gasteiger partial charge in [0.2, 0.25) is 0 Å². The number of nitrogens with zero attached hydrogens (tertiary/aromatic N) is 1. The molecule has 6 nitrogen and oxygen atoms in total. The molecule has 0 unspecified atom stereocenters. The molecule has 0 heterocycles. The minimum Gasteiger partial charge on any atom is -0.487 e. The Balaban J connectivity index is 1.90. The molecule has 0 amide bonds. The van der Waals surface area contributed by atoms with Crippen molar-refractivity contribution in [3.63, 3.8) is 0 Å². The third-order valence-corrected chi connectivity index (χ3v) is 6.96. The molecular formula is C25H24ClNO5S. The second-order valence-electron chi connectivity index (χ2n) is 7.52. The van der Waals surface area contributed by atoms with Crippen molar-refractivity contribution >= 4 is 39.4 Å². The van der Waals surface area contributed by atoms with Crippen LogP contribution in [0.25, 0.3) is 6.08 Å². The summed E-state index contributed by atoms with van der Waals surface area (Å²) in [6.07, 6.45) is 2.56. The molecule has 172 valence electrons. The van der Waals surface area contributed by atoms with Crippen LogP contribution in [0.4, 0.5) is 5.69 Å². The van der Waals surface area contributed by atoms with Crippen LogP contribution in [0.15, 0.2) is 83.8 Å². The van der Waals surface area contributed by atoms with Gasteiger partial charge in [-0.2, -0.15) is 0 Å². The van der Waals surface area contributed by atoms with E-state index in [1.54, 1.807) is 74.5 Å². The van der Waals surface area contributed by atoms with Gasteiger partial charge in [-0.15, -0.1) is 0 Å². The van der Waals surface area contributed by atoms with E-state index in [0.29, 0.717) is 16.5 Å². The number of aliphatic carboxylic acids is 1. The highest BCUT2D eigenvalue weighted by Crippen LogP contribution is 2.36. The van der Waals surface area contributed by atoms with Gasteiger partial charge in [-0.25, -0.2) is 13.2 Å². The van der Waals surface area contributed by atoms with E-state index in [0.717, 1.165) is 17.2 Å². The van der Waals surface area contributed by atoms with Gasteiger partial charge in [0.1, 0.15) is 12.4 Å². The van der Waals surface area contributed by atoms with Crippen LogP contribution in [0.5, 0.6) is 5.75 Å². The third kappa shape index (κ3) is 6.15. The largest absolute Gasteiger partial charge is 0.487 e. The molecule has 33 heavy (non-hydrogen) atoms. The van der Waals surface area contributed by atoms with E-state index in [9.17, 15) is 13.2 Å². The van der Waals surface area contributed by atoms with Crippen molar-refractivity contribution in [2.75, 3.05) is 4.31 Å². The number of sulfonamides is 1. The van der Waals surface area contributed by atoms with Crippen molar-refractivity contribution in [1.29, 1.82) is 0 Å². The molecule has 0 aliphatic carbocycles. The maximum absolute atomic E-state index is 13.4. The summed E-state index contributed by atoms with van der Waals surface area (Å²) in [6.45, 7) is 3.76. The van der Waals surface area contributed by atoms with Gasteiger partial charge in [-0.1, -0.05) is 54.1 Å². The van der Waals surface area contributed by atoms with Crippen molar-refractivity contribution in [3.8, 4) is 5.75 Å². The fourth-order valence-electron chi connectivity index (χ4n) is 3.23. The fraction of sp³-hybridized carbons (Fsp3) is 0.160. The molecule has 0 aliphatic heterocycles. The topological polar surface area (TPSA) is 83.9 Å². The number of carboxylic acids is 1. The number of halogens is 1. The Kier molecular flexibility index (Phi) is 7.79. The lowest BCUT2D eigenvalue weighted by atomic mass is 10.1. The monoisotopic (exact) mass is 485 g/mol. The van der Waals surface area contributed by atoms with Gasteiger partial charge in [0.25, 0.3) is 10.0 Å². The zero-order valence-electron chi connectivity index (χ0n) is 18.2. The van der Waals surface area contributed by atoms with Crippen LogP contribution in [0, 0.1) is 0 Å². The molecule has 1 N–H and O–H groups in total. The van der Waals surface area contributed by atoms with Crippen LogP contribution < -0.4 is 9.04 Å². The maximum atomic E-state index is 13.4. The second-order valence-corrected chi connectivity index (χ2v) is 9.77. The highest BCUT2D eigenvalue weighted by Gasteiger charge is 2.29. The molecule has 0 fully saturated rings. The third-order valence-electron chi connectivity index (χ3n) is 4.72. The highest BCUT2D eigenvalue weighted by atomic mass is 35.5. The molecule has 0 saturated carbocycles. The molecule has 0 aromatic heterocycles. The summed E-state index contributed by atoms with van der Waals surface area (Å²) in [5.41, 5.74) is 1.96. The van der Waals surface area contributed by atoms with Gasteiger partial charge in [0, 0.05) is 23.2 Å². The summed E-state index contributed by atoms with van der Waals surface area (Å²) >= 11 is 6.19. The van der Waals surface area contributed by atoms with Crippen LogP contribution >= 0.6 is 11.6 Å². The number of carbonyl (C=O) groups is 1. The zero-order valence-corrected chi connectivity index (χ0v) is 19.8. The molecule has 3 rings (SSSR count). The Morgan fingerprint density at radius 2 is 1.73 bits per heavy atom. The Labute approximate surface area is 198 Å². The molecule has 0 saturated heterocycles. The minimum atomic E-state index is -3.84. The van der Waals surface area contributed by atoms with Crippen LogP contribution in [-0.4, -0.2) is 25.5 Å². The number of carboxylic acid groups (broad SMARTS) is 1. The number of hydrogen-bond donors (Lipinski definition) is 1. The molecule has 8 heteroatoms. The van der Waals surface area contributed by atoms with Crippen LogP contribution in [-0.2, 0) is 21.4 Å². The lowest BCUT2D eigenvalue weighted by Crippen LogP contribution is -2.37. The SMILES string of the molecule is CC(C)N(c1ccc(Cl)cc1OCc1ccc(C=CC(=O)O)cc1)S(=O)(=O)c1ccccc1. The molecule has 3 aromatic rings. The normalized spacial score (nSPS) is 11.6. The van der Waals surface area contributed by atoms with Crippen molar-refractivity contribution in [1.82, 2.24) is 0 Å². The lowest BCUT2D eigenvalue weighted by Gasteiger charge is -2.30. The molecule has 0 aliphatic rings. The number of benzene rings is 3. The average Bonchev–Trinajstić information content (AvgIpc) is 2.78. The Hall–Kier alpha value is -3.29. The Morgan fingerprint density at radius 3 is 2.33 bits per heavy atom. The van der Waals surface area contributed by atoms with Gasteiger partial charge in [-0.3, -0.25) is 4.31 Å². The summed E-state index contributed by atoms with van der Waals surface area (Å²) < 4.78 is 34.2. The van der Waals surface area contributed by atoms with Gasteiger partial charge in [0.15, 0.2) is 0 Å². The Morgan fingerprint density at radius 1 is 1.06 bits per heavy atom. The Bertz CT molecular complexity index is 1240. The molecule has 0 spiro atoms. The number of ether oxygens (including phenoxy) is 1. The first-order valence-electron chi connectivity index (χ1n) is 10.2. The van der Waals surface area contributed by atoms with E-state index < -0.39 is 16.0 Å². The molecule has 0 radical (unpaired) electrons. The second kappa shape index (κ2) is 10.6. The smallest absolute Gasteiger partial charge is 0.328 e. The summed E-state index contributed by atoms with van der Waals surface area (Å²) in [5, 5.41) is 9.16. The minimum absolute atomic E-state index is 0.174. The molecule has 3 aromatic carbocycles. The number of rotatable bonds is 9. The summed E-state index contributed by atoms with van der Waals surface area (Å²) in [7, 11) is -3.84. The standard InChI is InChI=1S/C25H24ClNO5S/c1-18(2)27(33(30,31)22-6-4-3-5-7-22)23-14-13-21(26)16-24(23)32-17-20-10-8-19(9-11-20)12-15-25(28)29/h3-16,18H,17H2,1-2H3,(H,28,29). The van der Waals surface area contributed by atoms with Gasteiger partial charge >= 0.3 is 5.97 Å². The van der Waals surface area contributed by atoms with Gasteiger partial charge in [-0.05, 0) is 55.3 Å². The van der Waals surface area contributed by atoms with Gasteiger partial charge in [0.05, 0.1) is 10.6 Å². The highest BCUT2D eigenvalue weighted by molar-refractivity contribution is 7.92. The van der Waals surface area contributed by atoms with Crippen LogP contribution in [0.2, 0.25) is 5.02 Å². The number of hydrogen-bond acceptors (Lipinski definition) is 4. The first-order chi connectivity index (χ1) is 15.7. The van der Waals surface area contributed by atoms with E-state index in [1.165, 1.54) is 10.4 Å². The summed E-state index contributed by atoms with van der Waals surface area (Å²) in [4.78, 5) is 10.8. The maximum Gasteiger partial charge on any atom is 0.328 e. The van der Waals surface area contributed by atoms with E-state index in [-0.39, 0.29) is 17.5 Å².